The monoisotopic (exact) mass is 541 g/mol. The van der Waals surface area contributed by atoms with Crippen LogP contribution in [0.2, 0.25) is 5.15 Å². The molecule has 3 aromatic rings. The summed E-state index contributed by atoms with van der Waals surface area (Å²) in [5.74, 6) is 0.0401. The summed E-state index contributed by atoms with van der Waals surface area (Å²) in [6.45, 7) is 4.76. The van der Waals surface area contributed by atoms with Gasteiger partial charge in [-0.25, -0.2) is 18.4 Å². The van der Waals surface area contributed by atoms with Gasteiger partial charge in [0, 0.05) is 32.6 Å². The summed E-state index contributed by atoms with van der Waals surface area (Å²) < 4.78 is 23.6. The zero-order valence-corrected chi connectivity index (χ0v) is 22.5. The third-order valence-corrected chi connectivity index (χ3v) is 7.82. The van der Waals surface area contributed by atoms with E-state index in [-0.39, 0.29) is 33.1 Å². The van der Waals surface area contributed by atoms with E-state index in [0.717, 1.165) is 17.4 Å². The summed E-state index contributed by atoms with van der Waals surface area (Å²) >= 11 is 6.01. The largest absolute Gasteiger partial charge is 0.355 e. The average Bonchev–Trinajstić information content (AvgIpc) is 2.84. The molecule has 194 valence electrons. The third kappa shape index (κ3) is 5.17. The number of aromatic nitrogens is 2. The molecule has 0 spiro atoms. The molecule has 0 radical (unpaired) electrons. The maximum Gasteiger partial charge on any atom is 0.253 e. The molecule has 1 saturated heterocycles. The number of benzene rings is 1. The minimum Gasteiger partial charge on any atom is -0.355 e. The lowest BCUT2D eigenvalue weighted by Crippen LogP contribution is -2.65. The number of carbonyl (C=O) groups excluding carboxylic acids is 2. The van der Waals surface area contributed by atoms with Crippen LogP contribution < -0.4 is 15.5 Å². The number of halogens is 1. The third-order valence-electron chi connectivity index (χ3n) is 6.52. The van der Waals surface area contributed by atoms with Crippen molar-refractivity contribution in [2.24, 2.45) is 0 Å². The molecule has 1 aliphatic heterocycles. The van der Waals surface area contributed by atoms with Crippen LogP contribution in [0.4, 0.5) is 11.5 Å². The first-order valence-electron chi connectivity index (χ1n) is 11.7. The van der Waals surface area contributed by atoms with Crippen LogP contribution in [-0.2, 0) is 20.0 Å². The Morgan fingerprint density at radius 3 is 2.38 bits per heavy atom. The fraction of sp³-hybridized carbons (Fsp3) is 0.308. The molecule has 37 heavy (non-hydrogen) atoms. The van der Waals surface area contributed by atoms with Gasteiger partial charge in [0.15, 0.2) is 9.84 Å². The summed E-state index contributed by atoms with van der Waals surface area (Å²) in [5.41, 5.74) is 1.44. The number of sulfone groups is 1. The maximum atomic E-state index is 14.0. The van der Waals surface area contributed by atoms with Gasteiger partial charge in [-0.2, -0.15) is 0 Å². The summed E-state index contributed by atoms with van der Waals surface area (Å²) in [4.78, 5) is 36.8. The Morgan fingerprint density at radius 1 is 1.08 bits per heavy atom. The lowest BCUT2D eigenvalue weighted by atomic mass is 9.69. The van der Waals surface area contributed by atoms with E-state index in [1.165, 1.54) is 31.6 Å². The lowest BCUT2D eigenvalue weighted by molar-refractivity contribution is -0.122. The van der Waals surface area contributed by atoms with E-state index in [9.17, 15) is 18.0 Å². The SMILES string of the molecule is CNC(=O)c1cc(Cl)ncc1NC(=O)C1(c2ccccc2C(C)C)CN(c2ccc(S(C)(=O)=O)cn2)C1. The van der Waals surface area contributed by atoms with Gasteiger partial charge in [0.1, 0.15) is 16.4 Å². The van der Waals surface area contributed by atoms with Crippen molar-refractivity contribution < 1.29 is 18.0 Å². The van der Waals surface area contributed by atoms with Crippen LogP contribution in [0.25, 0.3) is 0 Å². The van der Waals surface area contributed by atoms with Crippen molar-refractivity contribution in [3.8, 4) is 0 Å². The van der Waals surface area contributed by atoms with E-state index in [1.54, 1.807) is 6.07 Å². The highest BCUT2D eigenvalue weighted by Gasteiger charge is 2.52. The van der Waals surface area contributed by atoms with Crippen LogP contribution in [0, 0.1) is 0 Å². The number of anilines is 2. The standard InChI is InChI=1S/C26H28ClN5O4S/c1-16(2)18-7-5-6-8-20(18)26(14-32(15-26)23-10-9-17(12-30-23)37(4,35)36)25(34)31-21-13-29-22(27)11-19(21)24(33)28-3/h5-13,16H,14-15H2,1-4H3,(H,28,33)(H,31,34). The summed E-state index contributed by atoms with van der Waals surface area (Å²) in [5, 5.41) is 5.60. The molecule has 1 aliphatic rings. The van der Waals surface area contributed by atoms with Crippen molar-refractivity contribution in [1.29, 1.82) is 0 Å². The molecular formula is C26H28ClN5O4S. The zero-order chi connectivity index (χ0) is 27.0. The van der Waals surface area contributed by atoms with Crippen molar-refractivity contribution in [2.75, 3.05) is 36.6 Å². The van der Waals surface area contributed by atoms with Gasteiger partial charge in [0.25, 0.3) is 5.91 Å². The number of nitrogens with one attached hydrogen (secondary N) is 2. The Bertz CT molecular complexity index is 1450. The molecule has 11 heteroatoms. The molecule has 4 rings (SSSR count). The molecule has 0 saturated carbocycles. The second-order valence-electron chi connectivity index (χ2n) is 9.39. The highest BCUT2D eigenvalue weighted by Crippen LogP contribution is 2.41. The lowest BCUT2D eigenvalue weighted by Gasteiger charge is -2.50. The number of hydrogen-bond donors (Lipinski definition) is 2. The predicted octanol–water partition coefficient (Wildman–Crippen LogP) is 3.41. The first-order chi connectivity index (χ1) is 17.5. The number of amides is 2. The Kier molecular flexibility index (Phi) is 7.25. The molecule has 0 bridgehead atoms. The van der Waals surface area contributed by atoms with Gasteiger partial charge in [0.05, 0.1) is 22.3 Å². The first kappa shape index (κ1) is 26.6. The first-order valence-corrected chi connectivity index (χ1v) is 13.9. The maximum absolute atomic E-state index is 14.0. The second-order valence-corrected chi connectivity index (χ2v) is 11.8. The average molecular weight is 542 g/mol. The molecule has 2 N–H and O–H groups in total. The molecular weight excluding hydrogens is 514 g/mol. The van der Waals surface area contributed by atoms with Gasteiger partial charge >= 0.3 is 0 Å². The number of hydrogen-bond acceptors (Lipinski definition) is 7. The van der Waals surface area contributed by atoms with Crippen LogP contribution in [-0.4, -0.2) is 56.6 Å². The molecule has 2 amide bonds. The summed E-state index contributed by atoms with van der Waals surface area (Å²) in [6.07, 6.45) is 3.82. The van der Waals surface area contributed by atoms with Crippen molar-refractivity contribution in [1.82, 2.24) is 15.3 Å². The molecule has 0 unspecified atom stereocenters. The molecule has 0 atom stereocenters. The highest BCUT2D eigenvalue weighted by molar-refractivity contribution is 7.90. The summed E-state index contributed by atoms with van der Waals surface area (Å²) in [7, 11) is -1.88. The molecule has 3 heterocycles. The Labute approximate surface area is 221 Å². The van der Waals surface area contributed by atoms with Gasteiger partial charge < -0.3 is 15.5 Å². The van der Waals surface area contributed by atoms with E-state index >= 15 is 0 Å². The molecule has 0 aliphatic carbocycles. The quantitative estimate of drug-likeness (QED) is 0.439. The van der Waals surface area contributed by atoms with Crippen LogP contribution in [0.1, 0.15) is 41.3 Å². The zero-order valence-electron chi connectivity index (χ0n) is 20.9. The minimum absolute atomic E-state index is 0.128. The molecule has 1 aromatic carbocycles. The molecule has 1 fully saturated rings. The van der Waals surface area contributed by atoms with E-state index in [2.05, 4.69) is 34.4 Å². The van der Waals surface area contributed by atoms with Gasteiger partial charge in [-0.15, -0.1) is 0 Å². The van der Waals surface area contributed by atoms with Crippen molar-refractivity contribution >= 4 is 44.8 Å². The second kappa shape index (κ2) is 10.1. The van der Waals surface area contributed by atoms with Gasteiger partial charge in [-0.3, -0.25) is 9.59 Å². The Morgan fingerprint density at radius 2 is 1.78 bits per heavy atom. The van der Waals surface area contributed by atoms with E-state index < -0.39 is 21.2 Å². The van der Waals surface area contributed by atoms with E-state index in [0.29, 0.717) is 18.9 Å². The Balaban J connectivity index is 1.72. The normalized spacial score (nSPS) is 14.7. The van der Waals surface area contributed by atoms with E-state index in [4.69, 9.17) is 11.6 Å². The Hall–Kier alpha value is -3.50. The smallest absolute Gasteiger partial charge is 0.253 e. The summed E-state index contributed by atoms with van der Waals surface area (Å²) in [6, 6.07) is 12.4. The van der Waals surface area contributed by atoms with Crippen molar-refractivity contribution in [2.45, 2.75) is 30.1 Å². The highest BCUT2D eigenvalue weighted by atomic mass is 35.5. The molecule has 2 aromatic heterocycles. The number of rotatable bonds is 7. The van der Waals surface area contributed by atoms with Gasteiger partial charge in [0.2, 0.25) is 5.91 Å². The minimum atomic E-state index is -3.37. The van der Waals surface area contributed by atoms with Crippen LogP contribution in [0.3, 0.4) is 0 Å². The number of pyridine rings is 2. The van der Waals surface area contributed by atoms with Crippen LogP contribution in [0.5, 0.6) is 0 Å². The predicted molar refractivity (Wildman–Crippen MR) is 143 cm³/mol. The fourth-order valence-electron chi connectivity index (χ4n) is 4.51. The topological polar surface area (TPSA) is 121 Å². The van der Waals surface area contributed by atoms with Crippen LogP contribution in [0.15, 0.2) is 59.8 Å². The van der Waals surface area contributed by atoms with E-state index in [1.807, 2.05) is 29.2 Å². The van der Waals surface area contributed by atoms with Crippen LogP contribution >= 0.6 is 11.6 Å². The van der Waals surface area contributed by atoms with Crippen molar-refractivity contribution in [3.63, 3.8) is 0 Å². The number of nitrogens with zero attached hydrogens (tertiary/aromatic N) is 3. The fourth-order valence-corrected chi connectivity index (χ4v) is 5.23. The van der Waals surface area contributed by atoms with Gasteiger partial charge in [-0.1, -0.05) is 49.7 Å². The van der Waals surface area contributed by atoms with Crippen molar-refractivity contribution in [3.05, 3.63) is 76.7 Å². The molecule has 9 nitrogen and oxygen atoms in total. The number of carbonyl (C=O) groups is 2. The van der Waals surface area contributed by atoms with Gasteiger partial charge in [-0.05, 0) is 35.2 Å².